The van der Waals surface area contributed by atoms with E-state index in [0.717, 1.165) is 0 Å². The van der Waals surface area contributed by atoms with E-state index >= 15 is 0 Å². The van der Waals surface area contributed by atoms with Crippen molar-refractivity contribution in [2.75, 3.05) is 20.1 Å². The molecule has 1 aromatic rings. The molecule has 7 heteroatoms. The Labute approximate surface area is 125 Å². The van der Waals surface area contributed by atoms with E-state index in [1.165, 1.54) is 0 Å². The van der Waals surface area contributed by atoms with Gasteiger partial charge in [-0.2, -0.15) is 0 Å². The molecule has 0 aromatic carbocycles. The number of amides is 2. The molecule has 0 bridgehead atoms. The third kappa shape index (κ3) is 6.29. The number of aryl methyl sites for hydroxylation is 1. The zero-order valence-electron chi connectivity index (χ0n) is 13.3. The maximum absolute atomic E-state index is 12.0. The summed E-state index contributed by atoms with van der Waals surface area (Å²) < 4.78 is 6.85. The van der Waals surface area contributed by atoms with Gasteiger partial charge in [-0.05, 0) is 27.2 Å². The second-order valence-electron chi connectivity index (χ2n) is 5.93. The summed E-state index contributed by atoms with van der Waals surface area (Å²) in [6.07, 6.45) is 3.47. The van der Waals surface area contributed by atoms with Crippen LogP contribution in [0.1, 0.15) is 37.7 Å². The number of nitrogens with zero attached hydrogens (tertiary/aromatic N) is 3. The van der Waals surface area contributed by atoms with Gasteiger partial charge < -0.3 is 19.5 Å². The number of rotatable bonds is 5. The van der Waals surface area contributed by atoms with Gasteiger partial charge in [-0.15, -0.1) is 0 Å². The highest BCUT2D eigenvalue weighted by Crippen LogP contribution is 2.06. The van der Waals surface area contributed by atoms with Gasteiger partial charge in [0.05, 0.1) is 6.33 Å². The zero-order valence-corrected chi connectivity index (χ0v) is 13.3. The lowest BCUT2D eigenvalue weighted by Gasteiger charge is -2.20. The van der Waals surface area contributed by atoms with Gasteiger partial charge in [-0.25, -0.2) is 9.78 Å². The van der Waals surface area contributed by atoms with Crippen molar-refractivity contribution < 1.29 is 14.3 Å². The van der Waals surface area contributed by atoms with E-state index in [0.29, 0.717) is 25.2 Å². The van der Waals surface area contributed by atoms with Crippen molar-refractivity contribution in [3.63, 3.8) is 0 Å². The van der Waals surface area contributed by atoms with Crippen molar-refractivity contribution in [1.29, 1.82) is 0 Å². The highest BCUT2D eigenvalue weighted by Gasteiger charge is 2.16. The first-order chi connectivity index (χ1) is 9.69. The minimum atomic E-state index is -0.504. The zero-order chi connectivity index (χ0) is 16.0. The van der Waals surface area contributed by atoms with Crippen molar-refractivity contribution in [2.24, 2.45) is 7.05 Å². The Hall–Kier alpha value is -2.05. The minimum Gasteiger partial charge on any atom is -0.444 e. The minimum absolute atomic E-state index is 0.132. The van der Waals surface area contributed by atoms with E-state index in [4.69, 9.17) is 4.74 Å². The van der Waals surface area contributed by atoms with Crippen LogP contribution in [0.4, 0.5) is 4.79 Å². The Morgan fingerprint density at radius 2 is 2.10 bits per heavy atom. The molecule has 7 nitrogen and oxygen atoms in total. The highest BCUT2D eigenvalue weighted by molar-refractivity contribution is 5.91. The maximum Gasteiger partial charge on any atom is 0.407 e. The number of nitrogens with one attached hydrogen (secondary N) is 1. The van der Waals surface area contributed by atoms with E-state index in [1.54, 1.807) is 29.0 Å². The molecule has 1 rings (SSSR count). The van der Waals surface area contributed by atoms with Crippen LogP contribution in [-0.2, 0) is 11.8 Å². The summed E-state index contributed by atoms with van der Waals surface area (Å²) in [6, 6.07) is 0. The molecule has 0 fully saturated rings. The predicted octanol–water partition coefficient (Wildman–Crippen LogP) is 1.41. The molecule has 0 radical (unpaired) electrons. The lowest BCUT2D eigenvalue weighted by Crippen LogP contribution is -2.35. The van der Waals surface area contributed by atoms with E-state index in [-0.39, 0.29) is 5.91 Å². The van der Waals surface area contributed by atoms with Crippen LogP contribution in [0.2, 0.25) is 0 Å². The van der Waals surface area contributed by atoms with E-state index in [2.05, 4.69) is 10.3 Å². The molecule has 0 atom stereocenters. The van der Waals surface area contributed by atoms with Crippen LogP contribution >= 0.6 is 0 Å². The molecule has 0 spiro atoms. The Bertz CT molecular complexity index is 491. The number of carbonyl (C=O) groups excluding carboxylic acids is 2. The molecule has 1 aromatic heterocycles. The Balaban J connectivity index is 2.26. The summed E-state index contributed by atoms with van der Waals surface area (Å²) >= 11 is 0. The normalized spacial score (nSPS) is 11.1. The van der Waals surface area contributed by atoms with E-state index in [1.807, 2.05) is 27.8 Å². The molecule has 0 unspecified atom stereocenters. The smallest absolute Gasteiger partial charge is 0.407 e. The largest absolute Gasteiger partial charge is 0.444 e. The van der Waals surface area contributed by atoms with Crippen molar-refractivity contribution in [3.8, 4) is 0 Å². The first-order valence-electron chi connectivity index (χ1n) is 6.89. The first kappa shape index (κ1) is 17.0. The molecule has 0 aliphatic rings. The molecule has 21 heavy (non-hydrogen) atoms. The van der Waals surface area contributed by atoms with E-state index < -0.39 is 11.7 Å². The average Bonchev–Trinajstić information content (AvgIpc) is 2.78. The number of aromatic nitrogens is 2. The van der Waals surface area contributed by atoms with Gasteiger partial charge in [0.1, 0.15) is 11.3 Å². The van der Waals surface area contributed by atoms with E-state index in [9.17, 15) is 9.59 Å². The molecule has 1 heterocycles. The third-order valence-electron chi connectivity index (χ3n) is 2.61. The van der Waals surface area contributed by atoms with Gasteiger partial charge in [0.2, 0.25) is 0 Å². The summed E-state index contributed by atoms with van der Waals surface area (Å²) in [6.45, 7) is 6.42. The molecule has 2 amide bonds. The second kappa shape index (κ2) is 7.10. The number of hydrogen-bond donors (Lipinski definition) is 1. The number of hydrogen-bond acceptors (Lipinski definition) is 4. The second-order valence-corrected chi connectivity index (χ2v) is 5.93. The van der Waals surface area contributed by atoms with Gasteiger partial charge in [-0.1, -0.05) is 0 Å². The fourth-order valence-corrected chi connectivity index (χ4v) is 1.64. The van der Waals surface area contributed by atoms with Crippen molar-refractivity contribution in [2.45, 2.75) is 32.8 Å². The summed E-state index contributed by atoms with van der Waals surface area (Å²) in [5.74, 6) is -0.132. The Kier molecular flexibility index (Phi) is 5.75. The van der Waals surface area contributed by atoms with Crippen LogP contribution in [-0.4, -0.2) is 52.2 Å². The number of alkyl carbamates (subject to hydrolysis) is 1. The molecule has 0 aliphatic carbocycles. The monoisotopic (exact) mass is 296 g/mol. The fourth-order valence-electron chi connectivity index (χ4n) is 1.64. The topological polar surface area (TPSA) is 76.5 Å². The van der Waals surface area contributed by atoms with Crippen LogP contribution in [0.5, 0.6) is 0 Å². The SMILES string of the molecule is CN(CCCNC(=O)OC(C)(C)C)C(=O)c1cn(C)cn1. The van der Waals surface area contributed by atoms with Gasteiger partial charge in [-0.3, -0.25) is 4.79 Å². The van der Waals surface area contributed by atoms with Gasteiger partial charge in [0, 0.05) is 33.4 Å². The molecular formula is C14H24N4O3. The van der Waals surface area contributed by atoms with Crippen LogP contribution in [0, 0.1) is 0 Å². The molecule has 1 N–H and O–H groups in total. The third-order valence-corrected chi connectivity index (χ3v) is 2.61. The summed E-state index contributed by atoms with van der Waals surface area (Å²) in [5, 5.41) is 2.66. The van der Waals surface area contributed by atoms with Gasteiger partial charge in [0.15, 0.2) is 0 Å². The van der Waals surface area contributed by atoms with Crippen LogP contribution in [0.15, 0.2) is 12.5 Å². The van der Waals surface area contributed by atoms with Gasteiger partial charge in [0.25, 0.3) is 5.91 Å². The number of carbonyl (C=O) groups is 2. The van der Waals surface area contributed by atoms with Gasteiger partial charge >= 0.3 is 6.09 Å². The Morgan fingerprint density at radius 1 is 1.43 bits per heavy atom. The van der Waals surface area contributed by atoms with Crippen molar-refractivity contribution in [3.05, 3.63) is 18.2 Å². The molecule has 0 saturated carbocycles. The fraction of sp³-hybridized carbons (Fsp3) is 0.643. The lowest BCUT2D eigenvalue weighted by atomic mass is 10.2. The first-order valence-corrected chi connectivity index (χ1v) is 6.89. The van der Waals surface area contributed by atoms with Crippen LogP contribution in [0.25, 0.3) is 0 Å². The number of ether oxygens (including phenoxy) is 1. The molecule has 0 aliphatic heterocycles. The predicted molar refractivity (Wildman–Crippen MR) is 79.0 cm³/mol. The maximum atomic E-state index is 12.0. The lowest BCUT2D eigenvalue weighted by molar-refractivity contribution is 0.0526. The highest BCUT2D eigenvalue weighted by atomic mass is 16.6. The quantitative estimate of drug-likeness (QED) is 0.833. The molecular weight excluding hydrogens is 272 g/mol. The summed E-state index contributed by atoms with van der Waals surface area (Å²) in [4.78, 5) is 29.0. The molecule has 0 saturated heterocycles. The van der Waals surface area contributed by atoms with Crippen LogP contribution < -0.4 is 5.32 Å². The summed E-state index contributed by atoms with van der Waals surface area (Å²) in [5.41, 5.74) is -0.0874. The number of imidazole rings is 1. The standard InChI is InChI=1S/C14H24N4O3/c1-14(2,3)21-13(20)15-7-6-8-18(5)12(19)11-9-17(4)10-16-11/h9-10H,6-8H2,1-5H3,(H,15,20). The van der Waals surface area contributed by atoms with Crippen molar-refractivity contribution >= 4 is 12.0 Å². The van der Waals surface area contributed by atoms with Crippen molar-refractivity contribution in [1.82, 2.24) is 19.8 Å². The van der Waals surface area contributed by atoms with Crippen LogP contribution in [0.3, 0.4) is 0 Å². The average molecular weight is 296 g/mol. The Morgan fingerprint density at radius 3 is 2.62 bits per heavy atom. The summed E-state index contributed by atoms with van der Waals surface area (Å²) in [7, 11) is 3.53. The molecule has 118 valence electrons.